The molecule has 0 saturated carbocycles. The van der Waals surface area contributed by atoms with Gasteiger partial charge in [-0.1, -0.05) is 48.5 Å². The van der Waals surface area contributed by atoms with Crippen molar-refractivity contribution in [3.8, 4) is 11.1 Å². The van der Waals surface area contributed by atoms with Gasteiger partial charge in [0.1, 0.15) is 5.65 Å². The maximum atomic E-state index is 13.9. The van der Waals surface area contributed by atoms with E-state index in [9.17, 15) is 22.8 Å². The number of fused-ring (bicyclic) bond motifs is 1. The van der Waals surface area contributed by atoms with Crippen LogP contribution in [0.1, 0.15) is 17.0 Å². The summed E-state index contributed by atoms with van der Waals surface area (Å²) < 4.78 is 42.3. The number of para-hydroxylation sites is 1. The van der Waals surface area contributed by atoms with E-state index >= 15 is 0 Å². The predicted octanol–water partition coefficient (Wildman–Crippen LogP) is 3.91. The number of rotatable bonds is 4. The molecule has 10 heteroatoms. The second-order valence-electron chi connectivity index (χ2n) is 8.76. The van der Waals surface area contributed by atoms with Gasteiger partial charge in [0, 0.05) is 43.1 Å². The van der Waals surface area contributed by atoms with Crippen LogP contribution in [0.4, 0.5) is 18.9 Å². The fourth-order valence-corrected chi connectivity index (χ4v) is 4.62. The first-order valence-electron chi connectivity index (χ1n) is 11.6. The number of aromatic nitrogens is 3. The van der Waals surface area contributed by atoms with E-state index in [1.165, 1.54) is 12.1 Å². The summed E-state index contributed by atoms with van der Waals surface area (Å²) >= 11 is 0. The Bertz CT molecular complexity index is 1450. The van der Waals surface area contributed by atoms with Gasteiger partial charge in [0.25, 0.3) is 5.56 Å². The van der Waals surface area contributed by atoms with Gasteiger partial charge in [-0.3, -0.25) is 9.59 Å². The van der Waals surface area contributed by atoms with E-state index in [4.69, 9.17) is 0 Å². The first kappa shape index (κ1) is 23.7. The van der Waals surface area contributed by atoms with Crippen LogP contribution in [0.15, 0.2) is 65.5 Å². The van der Waals surface area contributed by atoms with Crippen molar-refractivity contribution >= 4 is 17.2 Å². The number of carbonyl (C=O) groups excluding carboxylic acids is 1. The number of hydrogen-bond donors (Lipinski definition) is 1. The number of aryl methyl sites for hydroxylation is 1. The minimum atomic E-state index is -4.76. The number of amides is 1. The van der Waals surface area contributed by atoms with Crippen LogP contribution < -0.4 is 10.5 Å². The summed E-state index contributed by atoms with van der Waals surface area (Å²) in [6.45, 7) is 3.87. The van der Waals surface area contributed by atoms with Crippen LogP contribution in [0.2, 0.25) is 0 Å². The molecule has 2 aromatic carbocycles. The van der Waals surface area contributed by atoms with E-state index in [0.29, 0.717) is 31.9 Å². The van der Waals surface area contributed by atoms with Crippen LogP contribution in [0, 0.1) is 6.92 Å². The number of aromatic amines is 1. The standard InChI is InChI=1S/C26H24F3N5O2/c1-17-20(16-21(35)33-14-12-32(13-15-33)19-10-6-3-7-11-19)25(36)34-24(30-17)22(18-8-4-2-5-9-18)23(31-34)26(27,28)29/h2-11,30H,12-16H2,1H3. The molecule has 0 aliphatic carbocycles. The number of halogens is 3. The number of nitrogens with zero attached hydrogens (tertiary/aromatic N) is 4. The summed E-state index contributed by atoms with van der Waals surface area (Å²) in [4.78, 5) is 33.1. The highest BCUT2D eigenvalue weighted by Crippen LogP contribution is 2.38. The van der Waals surface area contributed by atoms with Crippen LogP contribution in [-0.2, 0) is 17.4 Å². The van der Waals surface area contributed by atoms with E-state index in [0.717, 1.165) is 10.2 Å². The molecule has 0 bridgehead atoms. The Morgan fingerprint density at radius 3 is 2.19 bits per heavy atom. The largest absolute Gasteiger partial charge is 0.435 e. The fraction of sp³-hybridized carbons (Fsp3) is 0.269. The normalized spacial score (nSPS) is 14.4. The van der Waals surface area contributed by atoms with Gasteiger partial charge in [-0.05, 0) is 24.6 Å². The minimum absolute atomic E-state index is 0.0521. The molecule has 0 atom stereocenters. The zero-order valence-corrected chi connectivity index (χ0v) is 19.5. The second kappa shape index (κ2) is 9.18. The summed E-state index contributed by atoms with van der Waals surface area (Å²) in [7, 11) is 0. The van der Waals surface area contributed by atoms with Crippen molar-refractivity contribution in [1.29, 1.82) is 0 Å². The van der Waals surface area contributed by atoms with Crippen molar-refractivity contribution in [2.75, 3.05) is 31.1 Å². The summed E-state index contributed by atoms with van der Waals surface area (Å²) in [5, 5.41) is 3.64. The van der Waals surface area contributed by atoms with Crippen molar-refractivity contribution < 1.29 is 18.0 Å². The fourth-order valence-electron chi connectivity index (χ4n) is 4.62. The van der Waals surface area contributed by atoms with Crippen LogP contribution in [0.25, 0.3) is 16.8 Å². The first-order chi connectivity index (χ1) is 17.2. The lowest BCUT2D eigenvalue weighted by Crippen LogP contribution is -2.49. The summed E-state index contributed by atoms with van der Waals surface area (Å²) in [6, 6.07) is 17.9. The zero-order chi connectivity index (χ0) is 25.4. The van der Waals surface area contributed by atoms with Crippen molar-refractivity contribution in [3.63, 3.8) is 0 Å². The second-order valence-corrected chi connectivity index (χ2v) is 8.76. The smallest absolute Gasteiger partial charge is 0.368 e. The number of alkyl halides is 3. The molecule has 1 amide bonds. The molecule has 186 valence electrons. The third kappa shape index (κ3) is 4.34. The molecule has 4 aromatic rings. The molecule has 1 aliphatic heterocycles. The predicted molar refractivity (Wildman–Crippen MR) is 130 cm³/mol. The Morgan fingerprint density at radius 2 is 1.58 bits per heavy atom. The van der Waals surface area contributed by atoms with E-state index < -0.39 is 17.4 Å². The number of piperazine rings is 1. The first-order valence-corrected chi connectivity index (χ1v) is 11.6. The molecule has 0 unspecified atom stereocenters. The van der Waals surface area contributed by atoms with E-state index in [-0.39, 0.29) is 34.7 Å². The zero-order valence-electron chi connectivity index (χ0n) is 19.5. The van der Waals surface area contributed by atoms with Crippen molar-refractivity contribution in [1.82, 2.24) is 19.5 Å². The van der Waals surface area contributed by atoms with Gasteiger partial charge in [0.05, 0.1) is 12.0 Å². The molecule has 3 heterocycles. The van der Waals surface area contributed by atoms with Crippen LogP contribution in [0.3, 0.4) is 0 Å². The number of carbonyl (C=O) groups is 1. The highest BCUT2D eigenvalue weighted by atomic mass is 19.4. The summed E-state index contributed by atoms with van der Waals surface area (Å²) in [5.74, 6) is -0.248. The molecule has 5 rings (SSSR count). The number of hydrogen-bond acceptors (Lipinski definition) is 4. The number of nitrogens with one attached hydrogen (secondary N) is 1. The Labute approximate surface area is 204 Å². The molecule has 1 saturated heterocycles. The van der Waals surface area contributed by atoms with E-state index in [1.807, 2.05) is 30.3 Å². The van der Waals surface area contributed by atoms with Gasteiger partial charge in [0.15, 0.2) is 5.69 Å². The van der Waals surface area contributed by atoms with E-state index in [1.54, 1.807) is 30.0 Å². The molecular formula is C26H24F3N5O2. The van der Waals surface area contributed by atoms with E-state index in [2.05, 4.69) is 15.0 Å². The monoisotopic (exact) mass is 495 g/mol. The SMILES string of the molecule is Cc1[nH]c2c(-c3ccccc3)c(C(F)(F)F)nn2c(=O)c1CC(=O)N1CCN(c2ccccc2)CC1. The Morgan fingerprint density at radius 1 is 0.972 bits per heavy atom. The molecule has 0 spiro atoms. The van der Waals surface area contributed by atoms with Gasteiger partial charge >= 0.3 is 6.18 Å². The van der Waals surface area contributed by atoms with Crippen LogP contribution in [-0.4, -0.2) is 51.6 Å². The summed E-state index contributed by atoms with van der Waals surface area (Å²) in [5.41, 5.74) is -0.317. The molecule has 36 heavy (non-hydrogen) atoms. The molecule has 0 radical (unpaired) electrons. The molecule has 1 N–H and O–H groups in total. The maximum absolute atomic E-state index is 13.9. The molecular weight excluding hydrogens is 471 g/mol. The van der Waals surface area contributed by atoms with Crippen molar-refractivity contribution in [2.45, 2.75) is 19.5 Å². The third-order valence-corrected chi connectivity index (χ3v) is 6.51. The van der Waals surface area contributed by atoms with Crippen LogP contribution >= 0.6 is 0 Å². The summed E-state index contributed by atoms with van der Waals surface area (Å²) in [6.07, 6.45) is -4.98. The highest BCUT2D eigenvalue weighted by molar-refractivity contribution is 5.82. The minimum Gasteiger partial charge on any atom is -0.368 e. The third-order valence-electron chi connectivity index (χ3n) is 6.51. The van der Waals surface area contributed by atoms with Crippen molar-refractivity contribution in [2.24, 2.45) is 0 Å². The highest BCUT2D eigenvalue weighted by Gasteiger charge is 2.39. The lowest BCUT2D eigenvalue weighted by molar-refractivity contribution is -0.140. The Balaban J connectivity index is 1.44. The average molecular weight is 496 g/mol. The topological polar surface area (TPSA) is 73.7 Å². The van der Waals surface area contributed by atoms with Gasteiger partial charge in [-0.2, -0.15) is 22.8 Å². The number of benzene rings is 2. The quantitative estimate of drug-likeness (QED) is 0.466. The van der Waals surface area contributed by atoms with Crippen LogP contribution in [0.5, 0.6) is 0 Å². The van der Waals surface area contributed by atoms with Crippen molar-refractivity contribution in [3.05, 3.63) is 88.0 Å². The van der Waals surface area contributed by atoms with Gasteiger partial charge in [0.2, 0.25) is 5.91 Å². The average Bonchev–Trinajstić information content (AvgIpc) is 3.28. The number of anilines is 1. The molecule has 7 nitrogen and oxygen atoms in total. The lowest BCUT2D eigenvalue weighted by atomic mass is 10.1. The molecule has 2 aromatic heterocycles. The Hall–Kier alpha value is -4.08. The molecule has 1 fully saturated rings. The maximum Gasteiger partial charge on any atom is 0.435 e. The van der Waals surface area contributed by atoms with Gasteiger partial charge in [-0.15, -0.1) is 0 Å². The lowest BCUT2D eigenvalue weighted by Gasteiger charge is -2.36. The van der Waals surface area contributed by atoms with Gasteiger partial charge in [-0.25, -0.2) is 0 Å². The van der Waals surface area contributed by atoms with Gasteiger partial charge < -0.3 is 14.8 Å². The molecule has 1 aliphatic rings. The Kier molecular flexibility index (Phi) is 6.03. The number of H-pyrrole nitrogens is 1.